The number of amides is 1. The van der Waals surface area contributed by atoms with Gasteiger partial charge in [0.25, 0.3) is 10.0 Å². The van der Waals surface area contributed by atoms with Crippen molar-refractivity contribution in [2.45, 2.75) is 22.8 Å². The fraction of sp³-hybridized carbons (Fsp3) is 0.208. The van der Waals surface area contributed by atoms with Gasteiger partial charge in [0.2, 0.25) is 5.91 Å². The number of rotatable bonds is 9. The lowest BCUT2D eigenvalue weighted by molar-refractivity contribution is -0.120. The Bertz CT molecular complexity index is 1390. The van der Waals surface area contributed by atoms with Crippen molar-refractivity contribution >= 4 is 31.5 Å². The third-order valence-electron chi connectivity index (χ3n) is 5.24. The largest absolute Gasteiger partial charge is 0.497 e. The Kier molecular flexibility index (Phi) is 7.81. The molecule has 3 aromatic rings. The van der Waals surface area contributed by atoms with Crippen molar-refractivity contribution in [1.82, 2.24) is 5.32 Å². The SMILES string of the molecule is COc1ccc(S(=O)(=O)N(CC(=O)N[C@@H](C)c2ccc(S(C)(=O)=O)cc2)c2ccc(F)cc2)cc1. The molecule has 3 aromatic carbocycles. The minimum absolute atomic E-state index is 0.0696. The third kappa shape index (κ3) is 6.37. The zero-order valence-corrected chi connectivity index (χ0v) is 20.9. The lowest BCUT2D eigenvalue weighted by atomic mass is 10.1. The van der Waals surface area contributed by atoms with Crippen LogP contribution in [0, 0.1) is 5.82 Å². The standard InChI is InChI=1S/C24H25FN2O6S2/c1-17(18-4-12-22(13-5-18)34(3,29)30)26-24(28)16-27(20-8-6-19(25)7-9-20)35(31,32)23-14-10-21(33-2)11-15-23/h4-15,17H,16H2,1-3H3,(H,26,28)/t17-/m0/s1. The number of nitrogens with zero attached hydrogens (tertiary/aromatic N) is 1. The second kappa shape index (κ2) is 10.4. The van der Waals surface area contributed by atoms with Crippen molar-refractivity contribution in [3.05, 3.63) is 84.2 Å². The Morgan fingerprint density at radius 2 is 1.46 bits per heavy atom. The van der Waals surface area contributed by atoms with Crippen LogP contribution in [0.3, 0.4) is 0 Å². The van der Waals surface area contributed by atoms with E-state index in [0.29, 0.717) is 11.3 Å². The molecule has 186 valence electrons. The Labute approximate surface area is 204 Å². The molecule has 0 fully saturated rings. The van der Waals surface area contributed by atoms with Gasteiger partial charge >= 0.3 is 0 Å². The van der Waals surface area contributed by atoms with E-state index in [9.17, 15) is 26.0 Å². The number of hydrogen-bond donors (Lipinski definition) is 1. The monoisotopic (exact) mass is 520 g/mol. The number of carbonyl (C=O) groups excluding carboxylic acids is 1. The van der Waals surface area contributed by atoms with E-state index in [-0.39, 0.29) is 15.5 Å². The molecule has 35 heavy (non-hydrogen) atoms. The molecule has 0 heterocycles. The average molecular weight is 521 g/mol. The lowest BCUT2D eigenvalue weighted by Crippen LogP contribution is -2.41. The molecule has 3 rings (SSSR count). The Morgan fingerprint density at radius 1 is 0.914 bits per heavy atom. The van der Waals surface area contributed by atoms with Gasteiger partial charge < -0.3 is 10.1 Å². The van der Waals surface area contributed by atoms with Crippen molar-refractivity contribution in [3.8, 4) is 5.75 Å². The average Bonchev–Trinajstić information content (AvgIpc) is 2.82. The number of methoxy groups -OCH3 is 1. The normalized spacial score (nSPS) is 12.6. The minimum Gasteiger partial charge on any atom is -0.497 e. The number of hydrogen-bond acceptors (Lipinski definition) is 6. The molecule has 0 aliphatic rings. The predicted octanol–water partition coefficient (Wildman–Crippen LogP) is 3.31. The highest BCUT2D eigenvalue weighted by molar-refractivity contribution is 7.93. The summed E-state index contributed by atoms with van der Waals surface area (Å²) in [7, 11) is -6.09. The summed E-state index contributed by atoms with van der Waals surface area (Å²) >= 11 is 0. The van der Waals surface area contributed by atoms with E-state index in [1.165, 1.54) is 55.6 Å². The van der Waals surface area contributed by atoms with Crippen LogP contribution < -0.4 is 14.4 Å². The van der Waals surface area contributed by atoms with Crippen molar-refractivity contribution in [1.29, 1.82) is 0 Å². The van der Waals surface area contributed by atoms with Crippen LogP contribution in [0.5, 0.6) is 5.75 Å². The quantitative estimate of drug-likeness (QED) is 0.464. The summed E-state index contributed by atoms with van der Waals surface area (Å²) in [5, 5.41) is 2.72. The second-order valence-corrected chi connectivity index (χ2v) is 11.7. The first-order valence-electron chi connectivity index (χ1n) is 10.4. The molecule has 0 aromatic heterocycles. The van der Waals surface area contributed by atoms with E-state index in [1.807, 2.05) is 0 Å². The number of carbonyl (C=O) groups is 1. The van der Waals surface area contributed by atoms with Gasteiger partial charge in [-0.3, -0.25) is 9.10 Å². The van der Waals surface area contributed by atoms with Crippen LogP contribution >= 0.6 is 0 Å². The first-order valence-corrected chi connectivity index (χ1v) is 13.8. The second-order valence-electron chi connectivity index (χ2n) is 7.79. The minimum atomic E-state index is -4.18. The molecule has 0 radical (unpaired) electrons. The highest BCUT2D eigenvalue weighted by Crippen LogP contribution is 2.25. The summed E-state index contributed by atoms with van der Waals surface area (Å²) in [4.78, 5) is 13.0. The van der Waals surface area contributed by atoms with E-state index >= 15 is 0 Å². The van der Waals surface area contributed by atoms with Gasteiger partial charge in [-0.2, -0.15) is 0 Å². The van der Waals surface area contributed by atoms with Gasteiger partial charge in [-0.15, -0.1) is 0 Å². The van der Waals surface area contributed by atoms with Gasteiger partial charge in [-0.25, -0.2) is 21.2 Å². The third-order valence-corrected chi connectivity index (χ3v) is 8.15. The molecule has 0 aliphatic heterocycles. The summed E-state index contributed by atoms with van der Waals surface area (Å²) in [6.07, 6.45) is 1.10. The molecule has 0 saturated carbocycles. The van der Waals surface area contributed by atoms with Crippen molar-refractivity contribution in [2.24, 2.45) is 0 Å². The fourth-order valence-corrected chi connectivity index (χ4v) is 5.35. The summed E-state index contributed by atoms with van der Waals surface area (Å²) < 4.78 is 69.5. The van der Waals surface area contributed by atoms with Crippen LogP contribution in [0.15, 0.2) is 82.6 Å². The van der Waals surface area contributed by atoms with E-state index in [2.05, 4.69) is 5.32 Å². The lowest BCUT2D eigenvalue weighted by Gasteiger charge is -2.25. The van der Waals surface area contributed by atoms with Gasteiger partial charge in [-0.1, -0.05) is 12.1 Å². The Morgan fingerprint density at radius 3 is 1.97 bits per heavy atom. The van der Waals surface area contributed by atoms with E-state index in [4.69, 9.17) is 4.74 Å². The van der Waals surface area contributed by atoms with Crippen LogP contribution in [0.1, 0.15) is 18.5 Å². The highest BCUT2D eigenvalue weighted by Gasteiger charge is 2.28. The maximum Gasteiger partial charge on any atom is 0.264 e. The van der Waals surface area contributed by atoms with Crippen LogP contribution in [-0.2, 0) is 24.7 Å². The van der Waals surface area contributed by atoms with Crippen molar-refractivity contribution < 1.29 is 30.8 Å². The molecule has 8 nitrogen and oxygen atoms in total. The summed E-state index contributed by atoms with van der Waals surface area (Å²) in [5.41, 5.74) is 0.750. The molecule has 0 bridgehead atoms. The zero-order valence-electron chi connectivity index (χ0n) is 19.3. The van der Waals surface area contributed by atoms with Crippen molar-refractivity contribution in [3.63, 3.8) is 0 Å². The van der Waals surface area contributed by atoms with Gasteiger partial charge in [0.1, 0.15) is 18.1 Å². The van der Waals surface area contributed by atoms with Crippen molar-refractivity contribution in [2.75, 3.05) is 24.2 Å². The van der Waals surface area contributed by atoms with Crippen LogP contribution in [0.4, 0.5) is 10.1 Å². The molecule has 0 aliphatic carbocycles. The smallest absolute Gasteiger partial charge is 0.264 e. The summed E-state index contributed by atoms with van der Waals surface area (Å²) in [6.45, 7) is 1.12. The van der Waals surface area contributed by atoms with Crippen LogP contribution in [0.25, 0.3) is 0 Å². The highest BCUT2D eigenvalue weighted by atomic mass is 32.2. The predicted molar refractivity (Wildman–Crippen MR) is 130 cm³/mol. The molecule has 1 amide bonds. The van der Waals surface area contributed by atoms with Gasteiger partial charge in [0, 0.05) is 6.26 Å². The first-order chi connectivity index (χ1) is 16.4. The van der Waals surface area contributed by atoms with Crippen LogP contribution in [0.2, 0.25) is 0 Å². The number of anilines is 1. The number of nitrogens with one attached hydrogen (secondary N) is 1. The molecule has 0 unspecified atom stereocenters. The molecule has 11 heteroatoms. The molecular weight excluding hydrogens is 495 g/mol. The van der Waals surface area contributed by atoms with Gasteiger partial charge in [0.15, 0.2) is 9.84 Å². The Balaban J connectivity index is 1.85. The van der Waals surface area contributed by atoms with Gasteiger partial charge in [0.05, 0.1) is 28.6 Å². The first kappa shape index (κ1) is 26.2. The number of sulfonamides is 1. The topological polar surface area (TPSA) is 110 Å². The zero-order chi connectivity index (χ0) is 25.8. The Hall–Kier alpha value is -3.44. The molecular formula is C24H25FN2O6S2. The maximum atomic E-state index is 13.5. The number of halogens is 1. The molecule has 1 N–H and O–H groups in total. The van der Waals surface area contributed by atoms with E-state index in [0.717, 1.165) is 22.7 Å². The molecule has 0 saturated heterocycles. The fourth-order valence-electron chi connectivity index (χ4n) is 3.30. The summed E-state index contributed by atoms with van der Waals surface area (Å²) in [5.74, 6) is -0.692. The van der Waals surface area contributed by atoms with E-state index in [1.54, 1.807) is 19.1 Å². The van der Waals surface area contributed by atoms with E-state index < -0.39 is 44.2 Å². The van der Waals surface area contributed by atoms with Gasteiger partial charge in [-0.05, 0) is 73.2 Å². The number of benzene rings is 3. The number of sulfone groups is 1. The molecule has 0 spiro atoms. The maximum absolute atomic E-state index is 13.5. The number of ether oxygens (including phenoxy) is 1. The van der Waals surface area contributed by atoms with Crippen LogP contribution in [-0.4, -0.2) is 42.7 Å². The summed E-state index contributed by atoms with van der Waals surface area (Å²) in [6, 6.07) is 15.9. The molecule has 1 atom stereocenters.